The van der Waals surface area contributed by atoms with Gasteiger partial charge in [-0.05, 0) is 48.8 Å². The highest BCUT2D eigenvalue weighted by Crippen LogP contribution is 2.36. The first-order valence-corrected chi connectivity index (χ1v) is 7.15. The Bertz CT molecular complexity index is 498. The van der Waals surface area contributed by atoms with E-state index in [9.17, 15) is 0 Å². The predicted octanol–water partition coefficient (Wildman–Crippen LogP) is 4.93. The first-order chi connectivity index (χ1) is 7.34. The highest BCUT2D eigenvalue weighted by atomic mass is 79.9. The van der Waals surface area contributed by atoms with Gasteiger partial charge in [-0.15, -0.1) is 11.3 Å². The van der Waals surface area contributed by atoms with E-state index in [-0.39, 0.29) is 0 Å². The molecular weight excluding hydrogens is 268 g/mol. The van der Waals surface area contributed by atoms with Gasteiger partial charge in [0.15, 0.2) is 0 Å². The van der Waals surface area contributed by atoms with E-state index in [1.807, 2.05) is 11.3 Å². The second kappa shape index (κ2) is 3.91. The van der Waals surface area contributed by atoms with Crippen LogP contribution in [0.25, 0.3) is 10.1 Å². The molecule has 1 aromatic carbocycles. The zero-order valence-corrected chi connectivity index (χ0v) is 11.0. The third-order valence-corrected chi connectivity index (χ3v) is 4.92. The van der Waals surface area contributed by atoms with E-state index in [0.29, 0.717) is 0 Å². The van der Waals surface area contributed by atoms with Crippen molar-refractivity contribution >= 4 is 37.4 Å². The van der Waals surface area contributed by atoms with Gasteiger partial charge >= 0.3 is 0 Å². The van der Waals surface area contributed by atoms with Crippen molar-refractivity contribution in [3.8, 4) is 0 Å². The molecular formula is C13H13BrS. The summed E-state index contributed by atoms with van der Waals surface area (Å²) in [5, 5.41) is 1.50. The lowest BCUT2D eigenvalue weighted by Gasteiger charge is -1.98. The van der Waals surface area contributed by atoms with Gasteiger partial charge in [0.2, 0.25) is 0 Å². The van der Waals surface area contributed by atoms with Crippen LogP contribution in [-0.2, 0) is 12.8 Å². The molecule has 0 bridgehead atoms. The van der Waals surface area contributed by atoms with Crippen LogP contribution in [0.2, 0.25) is 0 Å². The molecule has 3 rings (SSSR count). The third kappa shape index (κ3) is 1.74. The Kier molecular flexibility index (Phi) is 2.57. The number of halogens is 1. The lowest BCUT2D eigenvalue weighted by Crippen LogP contribution is -1.83. The van der Waals surface area contributed by atoms with Crippen LogP contribution in [0.5, 0.6) is 0 Å². The Hall–Kier alpha value is -0.340. The fraction of sp³-hybridized carbons (Fsp3) is 0.385. The SMILES string of the molecule is Brc1ccc2c3c(sc2c1)CCCCC3. The van der Waals surface area contributed by atoms with E-state index < -0.39 is 0 Å². The van der Waals surface area contributed by atoms with Crippen LogP contribution in [0.4, 0.5) is 0 Å². The minimum absolute atomic E-state index is 1.20. The normalized spacial score (nSPS) is 16.3. The van der Waals surface area contributed by atoms with Crippen molar-refractivity contribution in [3.05, 3.63) is 33.1 Å². The van der Waals surface area contributed by atoms with E-state index in [1.54, 1.807) is 10.4 Å². The summed E-state index contributed by atoms with van der Waals surface area (Å²) >= 11 is 5.55. The molecule has 0 radical (unpaired) electrons. The maximum atomic E-state index is 3.55. The van der Waals surface area contributed by atoms with Gasteiger partial charge in [-0.3, -0.25) is 0 Å². The van der Waals surface area contributed by atoms with Gasteiger partial charge in [0.1, 0.15) is 0 Å². The van der Waals surface area contributed by atoms with E-state index in [4.69, 9.17) is 0 Å². The highest BCUT2D eigenvalue weighted by molar-refractivity contribution is 9.10. The Labute approximate surface area is 102 Å². The van der Waals surface area contributed by atoms with Crippen molar-refractivity contribution in [3.63, 3.8) is 0 Å². The summed E-state index contributed by atoms with van der Waals surface area (Å²) in [5.74, 6) is 0. The maximum absolute atomic E-state index is 3.55. The van der Waals surface area contributed by atoms with E-state index in [0.717, 1.165) is 0 Å². The minimum atomic E-state index is 1.20. The number of hydrogen-bond acceptors (Lipinski definition) is 1. The number of fused-ring (bicyclic) bond motifs is 3. The topological polar surface area (TPSA) is 0 Å². The van der Waals surface area contributed by atoms with Crippen LogP contribution in [0, 0.1) is 0 Å². The second-order valence-corrected chi connectivity index (χ2v) is 6.26. The fourth-order valence-electron chi connectivity index (χ4n) is 2.41. The predicted molar refractivity (Wildman–Crippen MR) is 70.8 cm³/mol. The Morgan fingerprint density at radius 3 is 2.87 bits per heavy atom. The van der Waals surface area contributed by atoms with E-state index in [2.05, 4.69) is 34.1 Å². The standard InChI is InChI=1S/C13H13BrS/c14-9-6-7-11-10-4-2-1-3-5-12(10)15-13(11)8-9/h6-8H,1-5H2. The third-order valence-electron chi connectivity index (χ3n) is 3.17. The largest absolute Gasteiger partial charge is 0.140 e. The van der Waals surface area contributed by atoms with Gasteiger partial charge in [-0.2, -0.15) is 0 Å². The van der Waals surface area contributed by atoms with Crippen molar-refractivity contribution in [2.24, 2.45) is 0 Å². The molecule has 0 amide bonds. The number of hydrogen-bond donors (Lipinski definition) is 0. The monoisotopic (exact) mass is 280 g/mol. The van der Waals surface area contributed by atoms with Crippen molar-refractivity contribution < 1.29 is 0 Å². The average molecular weight is 281 g/mol. The van der Waals surface area contributed by atoms with Crippen molar-refractivity contribution in [2.45, 2.75) is 32.1 Å². The van der Waals surface area contributed by atoms with Gasteiger partial charge in [0.25, 0.3) is 0 Å². The molecule has 0 N–H and O–H groups in total. The van der Waals surface area contributed by atoms with Gasteiger partial charge < -0.3 is 0 Å². The van der Waals surface area contributed by atoms with Crippen LogP contribution < -0.4 is 0 Å². The number of rotatable bonds is 0. The molecule has 0 nitrogen and oxygen atoms in total. The molecule has 15 heavy (non-hydrogen) atoms. The summed E-state index contributed by atoms with van der Waals surface area (Å²) in [4.78, 5) is 1.64. The summed E-state index contributed by atoms with van der Waals surface area (Å²) in [6.07, 6.45) is 6.73. The van der Waals surface area contributed by atoms with Gasteiger partial charge in [-0.25, -0.2) is 0 Å². The quantitative estimate of drug-likeness (QED) is 0.600. The van der Waals surface area contributed by atoms with E-state index >= 15 is 0 Å². The minimum Gasteiger partial charge on any atom is -0.140 e. The Morgan fingerprint density at radius 2 is 1.93 bits per heavy atom. The smallest absolute Gasteiger partial charge is 0.0359 e. The molecule has 0 fully saturated rings. The molecule has 0 atom stereocenters. The van der Waals surface area contributed by atoms with Gasteiger partial charge in [0, 0.05) is 14.0 Å². The summed E-state index contributed by atoms with van der Waals surface area (Å²) in [7, 11) is 0. The average Bonchev–Trinajstić information content (AvgIpc) is 2.42. The molecule has 0 saturated carbocycles. The van der Waals surface area contributed by atoms with Crippen molar-refractivity contribution in [1.82, 2.24) is 0 Å². The molecule has 78 valence electrons. The van der Waals surface area contributed by atoms with Gasteiger partial charge in [-0.1, -0.05) is 28.4 Å². The lowest BCUT2D eigenvalue weighted by atomic mass is 10.1. The Morgan fingerprint density at radius 1 is 1.07 bits per heavy atom. The van der Waals surface area contributed by atoms with E-state index in [1.165, 1.54) is 46.7 Å². The summed E-state index contributed by atoms with van der Waals surface area (Å²) < 4.78 is 2.66. The second-order valence-electron chi connectivity index (χ2n) is 4.20. The highest BCUT2D eigenvalue weighted by Gasteiger charge is 2.14. The lowest BCUT2D eigenvalue weighted by molar-refractivity contribution is 0.713. The molecule has 0 saturated heterocycles. The molecule has 2 heteroatoms. The zero-order chi connectivity index (χ0) is 10.3. The summed E-state index contributed by atoms with van der Waals surface area (Å²) in [6, 6.07) is 6.70. The first kappa shape index (κ1) is 9.86. The fourth-order valence-corrected chi connectivity index (χ4v) is 4.26. The summed E-state index contributed by atoms with van der Waals surface area (Å²) in [5.41, 5.74) is 1.64. The van der Waals surface area contributed by atoms with Gasteiger partial charge in [0.05, 0.1) is 0 Å². The molecule has 1 aromatic heterocycles. The van der Waals surface area contributed by atoms with Crippen LogP contribution in [0.15, 0.2) is 22.7 Å². The van der Waals surface area contributed by atoms with Crippen LogP contribution in [0.3, 0.4) is 0 Å². The van der Waals surface area contributed by atoms with Crippen LogP contribution in [0.1, 0.15) is 29.7 Å². The molecule has 1 heterocycles. The van der Waals surface area contributed by atoms with Crippen molar-refractivity contribution in [2.75, 3.05) is 0 Å². The number of thiophene rings is 1. The zero-order valence-electron chi connectivity index (χ0n) is 8.55. The molecule has 0 aliphatic heterocycles. The molecule has 0 spiro atoms. The molecule has 1 aliphatic rings. The number of benzene rings is 1. The summed E-state index contributed by atoms with van der Waals surface area (Å²) in [6.45, 7) is 0. The first-order valence-electron chi connectivity index (χ1n) is 5.54. The molecule has 2 aromatic rings. The molecule has 1 aliphatic carbocycles. The van der Waals surface area contributed by atoms with Crippen molar-refractivity contribution in [1.29, 1.82) is 0 Å². The Balaban J connectivity index is 2.23. The molecule has 0 unspecified atom stereocenters. The number of aryl methyl sites for hydroxylation is 2. The van der Waals surface area contributed by atoms with Crippen LogP contribution in [-0.4, -0.2) is 0 Å². The van der Waals surface area contributed by atoms with Crippen LogP contribution >= 0.6 is 27.3 Å². The maximum Gasteiger partial charge on any atom is 0.0359 e.